The zero-order chi connectivity index (χ0) is 11.7. The molecule has 0 radical (unpaired) electrons. The van der Waals surface area contributed by atoms with Crippen LogP contribution in [0.4, 0.5) is 0 Å². The van der Waals surface area contributed by atoms with E-state index in [0.717, 1.165) is 6.07 Å². The molecule has 0 heterocycles. The van der Waals surface area contributed by atoms with Gasteiger partial charge in [-0.05, 0) is 18.6 Å². The number of hydrogen-bond donors (Lipinski definition) is 2. The first kappa shape index (κ1) is 11.8. The van der Waals surface area contributed by atoms with E-state index >= 15 is 0 Å². The number of hydrogen-bond acceptors (Lipinski definition) is 2. The van der Waals surface area contributed by atoms with Crippen LogP contribution >= 0.6 is 23.2 Å². The van der Waals surface area contributed by atoms with E-state index in [0.29, 0.717) is 0 Å². The summed E-state index contributed by atoms with van der Waals surface area (Å²) in [7, 11) is 0. The third-order valence-electron chi connectivity index (χ3n) is 1.90. The smallest absolute Gasteiger partial charge is 0.337 e. The molecule has 0 bridgehead atoms. The summed E-state index contributed by atoms with van der Waals surface area (Å²) >= 11 is 11.3. The number of carbonyl (C=O) groups is 2. The van der Waals surface area contributed by atoms with E-state index in [9.17, 15) is 9.59 Å². The minimum atomic E-state index is -1.32. The first-order chi connectivity index (χ1) is 6.86. The third kappa shape index (κ3) is 2.06. The molecular formula is C9H6Cl2O4. The van der Waals surface area contributed by atoms with Gasteiger partial charge >= 0.3 is 11.9 Å². The van der Waals surface area contributed by atoms with Crippen LogP contribution < -0.4 is 0 Å². The SMILES string of the molecule is Cc1c(Cl)cc(C(=O)O)c(Cl)c1C(=O)O. The fourth-order valence-electron chi connectivity index (χ4n) is 1.13. The van der Waals surface area contributed by atoms with Crippen LogP contribution in [0.5, 0.6) is 0 Å². The van der Waals surface area contributed by atoms with Gasteiger partial charge in [-0.1, -0.05) is 23.2 Å². The highest BCUT2D eigenvalue weighted by Crippen LogP contribution is 2.30. The van der Waals surface area contributed by atoms with Crippen LogP contribution in [-0.2, 0) is 0 Å². The average Bonchev–Trinajstić information content (AvgIpc) is 2.10. The lowest BCUT2D eigenvalue weighted by Crippen LogP contribution is -2.07. The van der Waals surface area contributed by atoms with E-state index in [2.05, 4.69) is 0 Å². The number of halogens is 2. The lowest BCUT2D eigenvalue weighted by Gasteiger charge is -2.08. The van der Waals surface area contributed by atoms with Gasteiger partial charge < -0.3 is 10.2 Å². The van der Waals surface area contributed by atoms with Gasteiger partial charge in [-0.2, -0.15) is 0 Å². The molecule has 0 saturated carbocycles. The Bertz CT molecular complexity index is 454. The van der Waals surface area contributed by atoms with E-state index in [1.807, 2.05) is 0 Å². The van der Waals surface area contributed by atoms with Gasteiger partial charge in [-0.15, -0.1) is 0 Å². The Labute approximate surface area is 95.0 Å². The van der Waals surface area contributed by atoms with Crippen molar-refractivity contribution in [1.82, 2.24) is 0 Å². The molecular weight excluding hydrogens is 243 g/mol. The van der Waals surface area contributed by atoms with E-state index in [1.165, 1.54) is 6.92 Å². The zero-order valence-electron chi connectivity index (χ0n) is 7.54. The first-order valence-corrected chi connectivity index (χ1v) is 4.57. The topological polar surface area (TPSA) is 74.6 Å². The van der Waals surface area contributed by atoms with Gasteiger partial charge in [0.1, 0.15) is 0 Å². The van der Waals surface area contributed by atoms with Gasteiger partial charge in [-0.25, -0.2) is 9.59 Å². The normalized spacial score (nSPS) is 10.1. The molecule has 0 saturated heterocycles. The Morgan fingerprint density at radius 1 is 1.20 bits per heavy atom. The van der Waals surface area contributed by atoms with Crippen molar-refractivity contribution in [3.05, 3.63) is 32.8 Å². The lowest BCUT2D eigenvalue weighted by atomic mass is 10.0. The molecule has 15 heavy (non-hydrogen) atoms. The highest BCUT2D eigenvalue weighted by Gasteiger charge is 2.21. The van der Waals surface area contributed by atoms with Crippen LogP contribution in [0.15, 0.2) is 6.07 Å². The van der Waals surface area contributed by atoms with Gasteiger partial charge in [0.05, 0.1) is 16.1 Å². The molecule has 4 nitrogen and oxygen atoms in total. The van der Waals surface area contributed by atoms with Crippen molar-refractivity contribution in [2.24, 2.45) is 0 Å². The Kier molecular flexibility index (Phi) is 3.21. The molecule has 0 unspecified atom stereocenters. The summed E-state index contributed by atoms with van der Waals surface area (Å²) in [4.78, 5) is 21.6. The molecule has 6 heteroatoms. The minimum absolute atomic E-state index is 0.0641. The van der Waals surface area contributed by atoms with Gasteiger partial charge in [0.15, 0.2) is 0 Å². The second-order valence-electron chi connectivity index (χ2n) is 2.83. The van der Waals surface area contributed by atoms with Crippen molar-refractivity contribution in [3.8, 4) is 0 Å². The average molecular weight is 249 g/mol. The summed E-state index contributed by atoms with van der Waals surface area (Å²) in [5.74, 6) is -2.62. The predicted octanol–water partition coefficient (Wildman–Crippen LogP) is 2.70. The molecule has 0 aliphatic rings. The number of carboxylic acids is 2. The Balaban J connectivity index is 3.63. The molecule has 0 amide bonds. The summed E-state index contributed by atoms with van der Waals surface area (Å²) in [5.41, 5.74) is -0.342. The van der Waals surface area contributed by atoms with Crippen LogP contribution in [0.25, 0.3) is 0 Å². The van der Waals surface area contributed by atoms with E-state index in [4.69, 9.17) is 33.4 Å². The molecule has 0 spiro atoms. The van der Waals surface area contributed by atoms with E-state index in [-0.39, 0.29) is 26.7 Å². The number of rotatable bonds is 2. The fraction of sp³-hybridized carbons (Fsp3) is 0.111. The second kappa shape index (κ2) is 4.08. The molecule has 0 aromatic heterocycles. The molecule has 80 valence electrons. The maximum absolute atomic E-state index is 10.8. The van der Waals surface area contributed by atoms with Crippen molar-refractivity contribution in [2.75, 3.05) is 0 Å². The first-order valence-electron chi connectivity index (χ1n) is 3.81. The molecule has 0 aliphatic carbocycles. The van der Waals surface area contributed by atoms with Crippen molar-refractivity contribution in [1.29, 1.82) is 0 Å². The Morgan fingerprint density at radius 3 is 2.13 bits per heavy atom. The number of carboxylic acid groups (broad SMARTS) is 2. The van der Waals surface area contributed by atoms with Crippen LogP contribution in [0, 0.1) is 6.92 Å². The van der Waals surface area contributed by atoms with Crippen molar-refractivity contribution >= 4 is 35.1 Å². The largest absolute Gasteiger partial charge is 0.478 e. The van der Waals surface area contributed by atoms with Crippen molar-refractivity contribution in [3.63, 3.8) is 0 Å². The quantitative estimate of drug-likeness (QED) is 0.844. The molecule has 1 rings (SSSR count). The molecule has 1 aromatic rings. The minimum Gasteiger partial charge on any atom is -0.478 e. The molecule has 0 aliphatic heterocycles. The molecule has 1 aromatic carbocycles. The van der Waals surface area contributed by atoms with Crippen molar-refractivity contribution < 1.29 is 19.8 Å². The van der Waals surface area contributed by atoms with Gasteiger partial charge in [-0.3, -0.25) is 0 Å². The summed E-state index contributed by atoms with van der Waals surface area (Å²) < 4.78 is 0. The fourth-order valence-corrected chi connectivity index (χ4v) is 1.69. The monoisotopic (exact) mass is 248 g/mol. The van der Waals surface area contributed by atoms with Crippen LogP contribution in [0.1, 0.15) is 26.3 Å². The van der Waals surface area contributed by atoms with Crippen LogP contribution in [0.3, 0.4) is 0 Å². The Morgan fingerprint density at radius 2 is 1.73 bits per heavy atom. The van der Waals surface area contributed by atoms with Crippen molar-refractivity contribution in [2.45, 2.75) is 6.92 Å². The standard InChI is InChI=1S/C9H6Cl2O4/c1-3-5(10)2-4(8(12)13)7(11)6(3)9(14)15/h2H,1H3,(H,12,13)(H,14,15). The summed E-state index contributed by atoms with van der Waals surface area (Å²) in [5, 5.41) is 17.3. The predicted molar refractivity (Wildman–Crippen MR) is 55.1 cm³/mol. The molecule has 0 fully saturated rings. The maximum Gasteiger partial charge on any atom is 0.337 e. The number of benzene rings is 1. The van der Waals surface area contributed by atoms with E-state index < -0.39 is 11.9 Å². The Hall–Kier alpha value is -1.26. The highest BCUT2D eigenvalue weighted by molar-refractivity contribution is 6.38. The van der Waals surface area contributed by atoms with Gasteiger partial charge in [0.2, 0.25) is 0 Å². The summed E-state index contributed by atoms with van der Waals surface area (Å²) in [6.07, 6.45) is 0. The third-order valence-corrected chi connectivity index (χ3v) is 2.69. The zero-order valence-corrected chi connectivity index (χ0v) is 9.06. The highest BCUT2D eigenvalue weighted by atomic mass is 35.5. The van der Waals surface area contributed by atoms with Crippen LogP contribution in [-0.4, -0.2) is 22.2 Å². The number of aromatic carboxylic acids is 2. The summed E-state index contributed by atoms with van der Waals surface area (Å²) in [6, 6.07) is 1.13. The molecule has 0 atom stereocenters. The lowest BCUT2D eigenvalue weighted by molar-refractivity contribution is 0.0695. The van der Waals surface area contributed by atoms with Gasteiger partial charge in [0.25, 0.3) is 0 Å². The second-order valence-corrected chi connectivity index (χ2v) is 3.62. The van der Waals surface area contributed by atoms with Crippen LogP contribution in [0.2, 0.25) is 10.0 Å². The summed E-state index contributed by atoms with van der Waals surface area (Å²) in [6.45, 7) is 1.46. The van der Waals surface area contributed by atoms with E-state index in [1.54, 1.807) is 0 Å². The van der Waals surface area contributed by atoms with Gasteiger partial charge in [0, 0.05) is 5.02 Å². The maximum atomic E-state index is 10.8. The molecule has 2 N–H and O–H groups in total.